The highest BCUT2D eigenvalue weighted by Gasteiger charge is 2.43. The number of aliphatic imine (C=N–C) groups is 1. The molecule has 7 rings (SSSR count). The quantitative estimate of drug-likeness (QED) is 0.355. The molecule has 2 aromatic carbocycles. The standard InChI is InChI=1S/C33H29ClF2N6O/c1-37-21-13-22-10-11-23(14-21)42(22)32(43)18-5-8-20(9-6-18)40-33-39-16-19-7-12-24-25(30-27(35)3-2-4-28(30)36)15-29(34)38-17-26(24)31(19)41-33/h2-6,8-9,12,15-17,21-23,37H,7,10-11,13-14H2,1H3,(H,39,40,41). The van der Waals surface area contributed by atoms with Crippen LogP contribution in [-0.2, 0) is 6.42 Å². The first-order valence-electron chi connectivity index (χ1n) is 14.4. The number of fused-ring (bicyclic) bond motifs is 5. The van der Waals surface area contributed by atoms with Crippen molar-refractivity contribution in [3.63, 3.8) is 0 Å². The molecule has 0 radical (unpaired) electrons. The number of rotatable bonds is 5. The van der Waals surface area contributed by atoms with E-state index in [0.717, 1.165) is 36.9 Å². The molecule has 4 heterocycles. The normalized spacial score (nSPS) is 22.4. The average Bonchev–Trinajstić information content (AvgIpc) is 3.16. The van der Waals surface area contributed by atoms with Crippen molar-refractivity contribution in [2.75, 3.05) is 12.4 Å². The third-order valence-corrected chi connectivity index (χ3v) is 9.01. The monoisotopic (exact) mass is 598 g/mol. The smallest absolute Gasteiger partial charge is 0.254 e. The van der Waals surface area contributed by atoms with E-state index < -0.39 is 11.6 Å². The van der Waals surface area contributed by atoms with Crippen LogP contribution in [0.25, 0.3) is 11.1 Å². The molecule has 218 valence electrons. The average molecular weight is 599 g/mol. The van der Waals surface area contributed by atoms with Gasteiger partial charge in [0.2, 0.25) is 5.95 Å². The van der Waals surface area contributed by atoms with Crippen LogP contribution in [0.15, 0.2) is 77.6 Å². The Labute approximate surface area is 253 Å². The zero-order chi connectivity index (χ0) is 29.7. The summed E-state index contributed by atoms with van der Waals surface area (Å²) >= 11 is 6.30. The zero-order valence-corrected chi connectivity index (χ0v) is 24.2. The van der Waals surface area contributed by atoms with Gasteiger partial charge in [0.25, 0.3) is 5.91 Å². The largest absolute Gasteiger partial charge is 0.333 e. The lowest BCUT2D eigenvalue weighted by molar-refractivity contribution is 0.0560. The summed E-state index contributed by atoms with van der Waals surface area (Å²) in [4.78, 5) is 29.0. The summed E-state index contributed by atoms with van der Waals surface area (Å²) in [6.07, 6.45) is 11.2. The van der Waals surface area contributed by atoms with Crippen molar-refractivity contribution in [2.24, 2.45) is 4.99 Å². The van der Waals surface area contributed by atoms with Crippen molar-refractivity contribution in [1.82, 2.24) is 20.2 Å². The molecule has 2 atom stereocenters. The molecule has 10 heteroatoms. The first-order chi connectivity index (χ1) is 20.9. The third kappa shape index (κ3) is 5.06. The summed E-state index contributed by atoms with van der Waals surface area (Å²) in [5, 5.41) is 6.70. The molecule has 2 bridgehead atoms. The van der Waals surface area contributed by atoms with Gasteiger partial charge in [-0.3, -0.25) is 4.79 Å². The Morgan fingerprint density at radius 3 is 2.42 bits per heavy atom. The fraction of sp³-hybridized carbons (Fsp3) is 0.273. The number of benzene rings is 2. The molecule has 2 fully saturated rings. The Morgan fingerprint density at radius 1 is 1.00 bits per heavy atom. The first kappa shape index (κ1) is 27.6. The van der Waals surface area contributed by atoms with E-state index in [1.807, 2.05) is 37.4 Å². The van der Waals surface area contributed by atoms with Crippen LogP contribution < -0.4 is 10.6 Å². The number of allylic oxidation sites excluding steroid dienone is 5. The SMILES string of the molecule is CNC1CC2CCC(C1)N2C(=O)c1ccc(Nc2ncc3c(n2)C2=CN=C(Cl)C=C(c4c(F)cccc4F)C2=CC3)cc1. The van der Waals surface area contributed by atoms with Gasteiger partial charge < -0.3 is 15.5 Å². The molecule has 1 amide bonds. The van der Waals surface area contributed by atoms with Gasteiger partial charge in [0.05, 0.1) is 11.3 Å². The summed E-state index contributed by atoms with van der Waals surface area (Å²) in [5.41, 5.74) is 4.15. The Bertz CT molecular complexity index is 1710. The number of aromatic nitrogens is 2. The van der Waals surface area contributed by atoms with Gasteiger partial charge in [0, 0.05) is 52.9 Å². The number of nitrogens with zero attached hydrogens (tertiary/aromatic N) is 4. The van der Waals surface area contributed by atoms with E-state index in [9.17, 15) is 13.6 Å². The van der Waals surface area contributed by atoms with Gasteiger partial charge in [0.1, 0.15) is 16.8 Å². The predicted molar refractivity (Wildman–Crippen MR) is 164 cm³/mol. The van der Waals surface area contributed by atoms with Gasteiger partial charge in [-0.25, -0.2) is 23.7 Å². The molecular formula is C33H29ClF2N6O. The molecule has 0 saturated carbocycles. The number of anilines is 2. The highest BCUT2D eigenvalue weighted by Crippen LogP contribution is 2.42. The molecular weight excluding hydrogens is 570 g/mol. The first-order valence-corrected chi connectivity index (χ1v) is 14.8. The second-order valence-corrected chi connectivity index (χ2v) is 11.7. The fourth-order valence-corrected chi connectivity index (χ4v) is 6.88. The van der Waals surface area contributed by atoms with Gasteiger partial charge in [-0.2, -0.15) is 0 Å². The van der Waals surface area contributed by atoms with Crippen molar-refractivity contribution < 1.29 is 13.6 Å². The number of piperidine rings is 1. The van der Waals surface area contributed by atoms with Crippen molar-refractivity contribution in [2.45, 2.75) is 50.2 Å². The summed E-state index contributed by atoms with van der Waals surface area (Å²) < 4.78 is 29.7. The summed E-state index contributed by atoms with van der Waals surface area (Å²) in [7, 11) is 1.99. The molecule has 43 heavy (non-hydrogen) atoms. The van der Waals surface area contributed by atoms with Crippen molar-refractivity contribution in [1.29, 1.82) is 0 Å². The maximum absolute atomic E-state index is 14.8. The fourth-order valence-electron chi connectivity index (χ4n) is 6.73. The lowest BCUT2D eigenvalue weighted by Gasteiger charge is -2.39. The number of amides is 1. The molecule has 0 spiro atoms. The van der Waals surface area contributed by atoms with E-state index in [1.54, 1.807) is 12.4 Å². The second kappa shape index (κ2) is 11.1. The minimum absolute atomic E-state index is 0.0765. The van der Waals surface area contributed by atoms with E-state index >= 15 is 0 Å². The summed E-state index contributed by atoms with van der Waals surface area (Å²) in [5.74, 6) is -0.960. The van der Waals surface area contributed by atoms with Gasteiger partial charge in [-0.15, -0.1) is 0 Å². The maximum atomic E-state index is 14.8. The summed E-state index contributed by atoms with van der Waals surface area (Å²) in [6.45, 7) is 0. The van der Waals surface area contributed by atoms with E-state index in [-0.39, 0.29) is 28.7 Å². The van der Waals surface area contributed by atoms with Crippen LogP contribution in [0.4, 0.5) is 20.4 Å². The molecule has 2 saturated heterocycles. The van der Waals surface area contributed by atoms with Crippen LogP contribution in [0, 0.1) is 11.6 Å². The molecule has 2 N–H and O–H groups in total. The highest BCUT2D eigenvalue weighted by atomic mass is 35.5. The van der Waals surface area contributed by atoms with Crippen LogP contribution in [0.3, 0.4) is 0 Å². The van der Waals surface area contributed by atoms with E-state index in [4.69, 9.17) is 16.6 Å². The second-order valence-electron chi connectivity index (χ2n) is 11.3. The number of halogens is 3. The minimum atomic E-state index is -0.689. The molecule has 7 nitrogen and oxygen atoms in total. The Hall–Kier alpha value is -4.21. The summed E-state index contributed by atoms with van der Waals surface area (Å²) in [6, 6.07) is 12.2. The van der Waals surface area contributed by atoms with Gasteiger partial charge in [-0.1, -0.05) is 23.7 Å². The van der Waals surface area contributed by atoms with Gasteiger partial charge in [-0.05, 0) is 92.8 Å². The third-order valence-electron chi connectivity index (χ3n) is 8.80. The lowest BCUT2D eigenvalue weighted by Crippen LogP contribution is -2.50. The van der Waals surface area contributed by atoms with Crippen molar-refractivity contribution >= 4 is 45.5 Å². The molecule has 1 aliphatic carbocycles. The number of hydrogen-bond acceptors (Lipinski definition) is 6. The van der Waals surface area contributed by atoms with E-state index in [0.29, 0.717) is 46.4 Å². The number of hydrogen-bond donors (Lipinski definition) is 2. The number of nitrogens with one attached hydrogen (secondary N) is 2. The van der Waals surface area contributed by atoms with Gasteiger partial charge in [0.15, 0.2) is 0 Å². The predicted octanol–water partition coefficient (Wildman–Crippen LogP) is 6.41. The van der Waals surface area contributed by atoms with E-state index in [2.05, 4.69) is 25.5 Å². The van der Waals surface area contributed by atoms with Crippen LogP contribution in [-0.4, -0.2) is 51.1 Å². The van der Waals surface area contributed by atoms with Crippen molar-refractivity contribution in [3.8, 4) is 0 Å². The molecule has 4 aliphatic rings. The maximum Gasteiger partial charge on any atom is 0.254 e. The van der Waals surface area contributed by atoms with Crippen LogP contribution in [0.2, 0.25) is 0 Å². The van der Waals surface area contributed by atoms with Crippen molar-refractivity contribution in [3.05, 3.63) is 107 Å². The van der Waals surface area contributed by atoms with Crippen LogP contribution >= 0.6 is 11.6 Å². The Kier molecular flexibility index (Phi) is 7.15. The lowest BCUT2D eigenvalue weighted by atomic mass is 9.84. The van der Waals surface area contributed by atoms with Crippen LogP contribution in [0.1, 0.15) is 52.9 Å². The van der Waals surface area contributed by atoms with Crippen LogP contribution in [0.5, 0.6) is 0 Å². The molecule has 3 aliphatic heterocycles. The molecule has 1 aromatic heterocycles. The Morgan fingerprint density at radius 2 is 1.72 bits per heavy atom. The Balaban J connectivity index is 1.13. The molecule has 3 aromatic rings. The number of carbonyl (C=O) groups is 1. The minimum Gasteiger partial charge on any atom is -0.333 e. The zero-order valence-electron chi connectivity index (χ0n) is 23.4. The molecule has 2 unspecified atom stereocenters. The van der Waals surface area contributed by atoms with Gasteiger partial charge >= 0.3 is 0 Å². The van der Waals surface area contributed by atoms with E-state index in [1.165, 1.54) is 24.3 Å². The number of carbonyl (C=O) groups excluding carboxylic acids is 1. The highest BCUT2D eigenvalue weighted by molar-refractivity contribution is 6.69. The topological polar surface area (TPSA) is 82.5 Å².